The molecule has 22 heavy (non-hydrogen) atoms. The minimum Gasteiger partial charge on any atom is -0.467 e. The number of likely N-dealkylation sites (N-methyl/N-ethyl adjacent to an activating group) is 1. The highest BCUT2D eigenvalue weighted by Gasteiger charge is 2.44. The fourth-order valence-electron chi connectivity index (χ4n) is 3.74. The van der Waals surface area contributed by atoms with E-state index in [0.29, 0.717) is 6.42 Å². The number of methoxy groups -OCH3 is 1. The number of nitrogens with one attached hydrogen (secondary N) is 1. The Balaban J connectivity index is 2.06. The Morgan fingerprint density at radius 3 is 2.82 bits per heavy atom. The maximum absolute atomic E-state index is 12.9. The van der Waals surface area contributed by atoms with Gasteiger partial charge in [-0.1, -0.05) is 24.3 Å². The van der Waals surface area contributed by atoms with Crippen LogP contribution in [0.5, 0.6) is 0 Å². The lowest BCUT2D eigenvalue weighted by Gasteiger charge is -2.41. The molecule has 0 saturated carbocycles. The molecule has 2 aliphatic rings. The first-order chi connectivity index (χ1) is 10.7. The molecule has 2 unspecified atom stereocenters. The predicted molar refractivity (Wildman–Crippen MR) is 82.2 cm³/mol. The second kappa shape index (κ2) is 6.08. The van der Waals surface area contributed by atoms with E-state index in [1.807, 2.05) is 18.2 Å². The van der Waals surface area contributed by atoms with Crippen molar-refractivity contribution < 1.29 is 14.3 Å². The summed E-state index contributed by atoms with van der Waals surface area (Å²) in [5.41, 5.74) is 2.32. The number of amides is 1. The first-order valence-corrected chi connectivity index (χ1v) is 7.82. The normalized spacial score (nSPS) is 27.6. The summed E-state index contributed by atoms with van der Waals surface area (Å²) >= 11 is 0. The van der Waals surface area contributed by atoms with E-state index < -0.39 is 6.04 Å². The zero-order valence-electron chi connectivity index (χ0n) is 13.0. The van der Waals surface area contributed by atoms with Crippen LogP contribution in [0.15, 0.2) is 24.3 Å². The summed E-state index contributed by atoms with van der Waals surface area (Å²) in [7, 11) is 3.18. The molecular weight excluding hydrogens is 280 g/mol. The largest absolute Gasteiger partial charge is 0.467 e. The highest BCUT2D eigenvalue weighted by Crippen LogP contribution is 2.39. The lowest BCUT2D eigenvalue weighted by Crippen LogP contribution is -2.55. The molecule has 0 aliphatic carbocycles. The van der Waals surface area contributed by atoms with Crippen LogP contribution in [0.2, 0.25) is 0 Å². The Kier molecular flexibility index (Phi) is 4.16. The summed E-state index contributed by atoms with van der Waals surface area (Å²) in [6, 6.07) is 7.34. The van der Waals surface area contributed by atoms with Crippen molar-refractivity contribution >= 4 is 11.9 Å². The van der Waals surface area contributed by atoms with Gasteiger partial charge in [0.25, 0.3) is 0 Å². The van der Waals surface area contributed by atoms with Crippen LogP contribution in [-0.4, -0.2) is 43.0 Å². The molecule has 1 amide bonds. The van der Waals surface area contributed by atoms with Gasteiger partial charge in [-0.25, -0.2) is 4.79 Å². The fraction of sp³-hybridized carbons (Fsp3) is 0.529. The molecule has 1 saturated heterocycles. The maximum atomic E-state index is 12.9. The van der Waals surface area contributed by atoms with Gasteiger partial charge in [-0.05, 0) is 37.4 Å². The van der Waals surface area contributed by atoms with E-state index in [-0.39, 0.29) is 24.0 Å². The van der Waals surface area contributed by atoms with Gasteiger partial charge >= 0.3 is 5.97 Å². The molecule has 2 heterocycles. The van der Waals surface area contributed by atoms with Crippen LogP contribution in [0.1, 0.15) is 36.4 Å². The van der Waals surface area contributed by atoms with Gasteiger partial charge in [0.05, 0.1) is 19.2 Å². The Bertz CT molecular complexity index is 587. The molecule has 118 valence electrons. The zero-order valence-corrected chi connectivity index (χ0v) is 13.0. The van der Waals surface area contributed by atoms with E-state index in [2.05, 4.69) is 11.4 Å². The van der Waals surface area contributed by atoms with Crippen molar-refractivity contribution in [2.75, 3.05) is 14.2 Å². The van der Waals surface area contributed by atoms with Crippen LogP contribution in [0, 0.1) is 0 Å². The highest BCUT2D eigenvalue weighted by molar-refractivity contribution is 5.89. The highest BCUT2D eigenvalue weighted by atomic mass is 16.5. The fourth-order valence-corrected chi connectivity index (χ4v) is 3.74. The molecule has 3 atom stereocenters. The van der Waals surface area contributed by atoms with E-state index in [4.69, 9.17) is 4.74 Å². The van der Waals surface area contributed by atoms with Crippen molar-refractivity contribution in [2.45, 2.75) is 43.8 Å². The summed E-state index contributed by atoms with van der Waals surface area (Å²) in [5.74, 6) is -0.320. The molecule has 1 fully saturated rings. The number of rotatable bonds is 2. The van der Waals surface area contributed by atoms with E-state index in [0.717, 1.165) is 24.8 Å². The van der Waals surface area contributed by atoms with Crippen molar-refractivity contribution in [3.63, 3.8) is 0 Å². The van der Waals surface area contributed by atoms with Crippen molar-refractivity contribution in [1.29, 1.82) is 0 Å². The van der Waals surface area contributed by atoms with Gasteiger partial charge in [-0.2, -0.15) is 0 Å². The number of hydrogen-bond acceptors (Lipinski definition) is 4. The van der Waals surface area contributed by atoms with E-state index in [1.165, 1.54) is 12.7 Å². The summed E-state index contributed by atoms with van der Waals surface area (Å²) in [5, 5.41) is 3.08. The number of carbonyl (C=O) groups is 2. The maximum Gasteiger partial charge on any atom is 0.328 e. The van der Waals surface area contributed by atoms with Crippen LogP contribution in [-0.2, 0) is 20.7 Å². The number of hydrogen-bond donors (Lipinski definition) is 1. The molecule has 3 rings (SSSR count). The molecule has 2 aliphatic heterocycles. The summed E-state index contributed by atoms with van der Waals surface area (Å²) in [6.07, 6.45) is 3.18. The van der Waals surface area contributed by atoms with Gasteiger partial charge in [0, 0.05) is 6.42 Å². The van der Waals surface area contributed by atoms with Crippen molar-refractivity contribution in [2.24, 2.45) is 0 Å². The van der Waals surface area contributed by atoms with Crippen LogP contribution >= 0.6 is 0 Å². The minimum atomic E-state index is -0.522. The minimum absolute atomic E-state index is 0.00917. The molecule has 1 N–H and O–H groups in total. The number of carbonyl (C=O) groups excluding carboxylic acids is 2. The predicted octanol–water partition coefficient (Wildman–Crippen LogP) is 1.43. The Labute approximate surface area is 130 Å². The topological polar surface area (TPSA) is 58.6 Å². The first kappa shape index (κ1) is 15.0. The molecule has 1 aromatic carbocycles. The number of fused-ring (bicyclic) bond motifs is 3. The number of esters is 1. The smallest absolute Gasteiger partial charge is 0.328 e. The van der Waals surface area contributed by atoms with Crippen LogP contribution in [0.4, 0.5) is 0 Å². The molecule has 1 aromatic rings. The zero-order chi connectivity index (χ0) is 15.7. The Hall–Kier alpha value is -1.88. The summed E-state index contributed by atoms with van der Waals surface area (Å²) in [6.45, 7) is 0. The Morgan fingerprint density at radius 1 is 1.32 bits per heavy atom. The van der Waals surface area contributed by atoms with Gasteiger partial charge in [0.15, 0.2) is 0 Å². The van der Waals surface area contributed by atoms with E-state index >= 15 is 0 Å². The van der Waals surface area contributed by atoms with Crippen LogP contribution < -0.4 is 5.32 Å². The van der Waals surface area contributed by atoms with E-state index in [1.54, 1.807) is 11.9 Å². The van der Waals surface area contributed by atoms with E-state index in [9.17, 15) is 9.59 Å². The van der Waals surface area contributed by atoms with Crippen molar-refractivity contribution in [1.82, 2.24) is 10.2 Å². The molecule has 5 heteroatoms. The number of nitrogens with zero attached hydrogens (tertiary/aromatic N) is 1. The average Bonchev–Trinajstić information content (AvgIpc) is 2.72. The van der Waals surface area contributed by atoms with Gasteiger partial charge < -0.3 is 15.0 Å². The molecular formula is C17H22N2O3. The number of ether oxygens (including phenoxy) is 1. The average molecular weight is 302 g/mol. The van der Waals surface area contributed by atoms with Gasteiger partial charge in [-0.3, -0.25) is 4.79 Å². The number of benzene rings is 1. The third-order valence-electron chi connectivity index (χ3n) is 4.84. The van der Waals surface area contributed by atoms with Gasteiger partial charge in [0.1, 0.15) is 6.04 Å². The second-order valence-electron chi connectivity index (χ2n) is 5.98. The molecule has 0 spiro atoms. The van der Waals surface area contributed by atoms with Crippen LogP contribution in [0.3, 0.4) is 0 Å². The Morgan fingerprint density at radius 2 is 2.09 bits per heavy atom. The van der Waals surface area contributed by atoms with Crippen LogP contribution in [0.25, 0.3) is 0 Å². The van der Waals surface area contributed by atoms with Crippen molar-refractivity contribution in [3.05, 3.63) is 35.4 Å². The lowest BCUT2D eigenvalue weighted by atomic mass is 9.86. The molecule has 0 bridgehead atoms. The third-order valence-corrected chi connectivity index (χ3v) is 4.84. The summed E-state index contributed by atoms with van der Waals surface area (Å²) in [4.78, 5) is 26.9. The molecule has 0 radical (unpaired) electrons. The standard InChI is InChI=1S/C17H22N2O3/c1-18-13-8-5-9-14-12-7-4-3-6-11(12)10-15(17(21)22-2)19(14)16(13)20/h3-4,6-7,13-15,18H,5,8-10H2,1-2H3/t13-,14?,15?/m0/s1. The third kappa shape index (κ3) is 2.39. The lowest BCUT2D eigenvalue weighted by molar-refractivity contribution is -0.156. The van der Waals surface area contributed by atoms with Gasteiger partial charge in [0.2, 0.25) is 5.91 Å². The summed E-state index contributed by atoms with van der Waals surface area (Å²) < 4.78 is 4.96. The second-order valence-corrected chi connectivity index (χ2v) is 5.98. The SMILES string of the molecule is CN[C@H]1CCCC2c3ccccc3CC(C(=O)OC)N2C1=O. The monoisotopic (exact) mass is 302 g/mol. The molecule has 0 aromatic heterocycles. The quantitative estimate of drug-likeness (QED) is 0.840. The first-order valence-electron chi connectivity index (χ1n) is 7.82. The van der Waals surface area contributed by atoms with Gasteiger partial charge in [-0.15, -0.1) is 0 Å². The molecule has 5 nitrogen and oxygen atoms in total. The van der Waals surface area contributed by atoms with Crippen molar-refractivity contribution in [3.8, 4) is 0 Å².